The van der Waals surface area contributed by atoms with Gasteiger partial charge in [0.2, 0.25) is 0 Å². The number of hydrogen-bond donors (Lipinski definition) is 0. The zero-order valence-electron chi connectivity index (χ0n) is 3.83. The first kappa shape index (κ1) is 8.28. The molecule has 0 aromatic heterocycles. The lowest BCUT2D eigenvalue weighted by Gasteiger charge is -1.85. The molecule has 1 nitrogen and oxygen atoms in total. The molecule has 0 atom stereocenters. The fourth-order valence-corrected chi connectivity index (χ4v) is 0.526. The normalized spacial score (nSPS) is 11.6. The van der Waals surface area contributed by atoms with Gasteiger partial charge in [-0.25, -0.2) is 0 Å². The van der Waals surface area contributed by atoms with Crippen molar-refractivity contribution in [1.82, 2.24) is 0 Å². The molecule has 0 saturated heterocycles. The number of allylic oxidation sites excluding steroid dienone is 1. The van der Waals surface area contributed by atoms with E-state index in [9.17, 15) is 4.79 Å². The monoisotopic (exact) mass is 172 g/mol. The predicted molar refractivity (Wildman–Crippen MR) is 35.5 cm³/mol. The van der Waals surface area contributed by atoms with Gasteiger partial charge < -0.3 is 0 Å². The second-order valence-corrected chi connectivity index (χ2v) is 1.91. The Morgan fingerprint density at radius 3 is 2.25 bits per heavy atom. The molecule has 0 aromatic rings. The maximum absolute atomic E-state index is 10.3. The van der Waals surface area contributed by atoms with Gasteiger partial charge in [-0.3, -0.25) is 4.79 Å². The molecule has 0 aliphatic heterocycles. The van der Waals surface area contributed by atoms with E-state index in [4.69, 9.17) is 34.8 Å². The molecule has 0 rings (SSSR count). The van der Waals surface area contributed by atoms with Gasteiger partial charge in [-0.15, -0.1) is 11.6 Å². The summed E-state index contributed by atoms with van der Waals surface area (Å²) >= 11 is 15.4. The van der Waals surface area contributed by atoms with Crippen molar-refractivity contribution in [2.24, 2.45) is 0 Å². The highest BCUT2D eigenvalue weighted by Gasteiger charge is 2.01. The van der Waals surface area contributed by atoms with E-state index >= 15 is 0 Å². The lowest BCUT2D eigenvalue weighted by atomic mass is 10.4. The summed E-state index contributed by atoms with van der Waals surface area (Å²) in [7, 11) is 0. The predicted octanol–water partition coefficient (Wildman–Crippen LogP) is 2.11. The average Bonchev–Trinajstić information content (AvgIpc) is 1.84. The Morgan fingerprint density at radius 2 is 2.12 bits per heavy atom. The van der Waals surface area contributed by atoms with E-state index in [0.717, 1.165) is 5.54 Å². The Bertz CT molecular complexity index is 118. The van der Waals surface area contributed by atoms with E-state index in [1.54, 1.807) is 0 Å². The SMILES string of the molecule is O=C(CCl)/C(Cl)=C/Cl. The number of carbonyl (C=O) groups is 1. The molecule has 0 heterocycles. The van der Waals surface area contributed by atoms with E-state index in [1.807, 2.05) is 0 Å². The Morgan fingerprint density at radius 1 is 1.62 bits per heavy atom. The first-order valence-corrected chi connectivity index (χ1v) is 3.12. The fraction of sp³-hybridized carbons (Fsp3) is 0.250. The van der Waals surface area contributed by atoms with Crippen LogP contribution in [0.5, 0.6) is 0 Å². The highest BCUT2D eigenvalue weighted by atomic mass is 35.5. The molecule has 0 aliphatic carbocycles. The fourth-order valence-electron chi connectivity index (χ4n) is 0.125. The van der Waals surface area contributed by atoms with Crippen molar-refractivity contribution in [1.29, 1.82) is 0 Å². The molecule has 46 valence electrons. The molecule has 0 radical (unpaired) electrons. The van der Waals surface area contributed by atoms with Gasteiger partial charge in [0.05, 0.1) is 10.9 Å². The quantitative estimate of drug-likeness (QED) is 0.462. The third-order valence-electron chi connectivity index (χ3n) is 0.484. The molecule has 0 unspecified atom stereocenters. The Kier molecular flexibility index (Phi) is 4.33. The molecule has 0 fully saturated rings. The Balaban J connectivity index is 3.83. The minimum absolute atomic E-state index is 0.0262. The second kappa shape index (κ2) is 4.19. The Hall–Kier alpha value is 0.280. The number of hydrogen-bond acceptors (Lipinski definition) is 1. The minimum Gasteiger partial charge on any atom is -0.292 e. The van der Waals surface area contributed by atoms with Crippen LogP contribution in [0.2, 0.25) is 0 Å². The third-order valence-corrected chi connectivity index (χ3v) is 1.38. The number of ketones is 1. The van der Waals surface area contributed by atoms with Crippen LogP contribution in [-0.2, 0) is 4.79 Å². The first-order chi connectivity index (χ1) is 3.72. The van der Waals surface area contributed by atoms with Gasteiger partial charge in [0.15, 0.2) is 5.78 Å². The van der Waals surface area contributed by atoms with Gasteiger partial charge in [-0.05, 0) is 0 Å². The van der Waals surface area contributed by atoms with E-state index in [2.05, 4.69) is 0 Å². The van der Waals surface area contributed by atoms with Crippen molar-refractivity contribution in [3.8, 4) is 0 Å². The van der Waals surface area contributed by atoms with Crippen molar-refractivity contribution in [3.63, 3.8) is 0 Å². The van der Waals surface area contributed by atoms with Crippen LogP contribution in [0, 0.1) is 0 Å². The molecule has 4 heteroatoms. The van der Waals surface area contributed by atoms with Crippen LogP contribution in [0.25, 0.3) is 0 Å². The van der Waals surface area contributed by atoms with Gasteiger partial charge in [0, 0.05) is 5.54 Å². The first-order valence-electron chi connectivity index (χ1n) is 1.77. The summed E-state index contributed by atoms with van der Waals surface area (Å²) in [5.41, 5.74) is 0.992. The van der Waals surface area contributed by atoms with Crippen LogP contribution in [0.15, 0.2) is 10.6 Å². The molecule has 0 saturated carbocycles. The standard InChI is InChI=1S/C4H3Cl3O/c5-1-3(7)4(8)2-6/h1H,2H2/b3-1-. The largest absolute Gasteiger partial charge is 0.292 e. The lowest BCUT2D eigenvalue weighted by Crippen LogP contribution is -1.96. The van der Waals surface area contributed by atoms with Crippen LogP contribution in [0.3, 0.4) is 0 Å². The van der Waals surface area contributed by atoms with Gasteiger partial charge in [-0.2, -0.15) is 0 Å². The molecule has 0 aliphatic rings. The topological polar surface area (TPSA) is 17.1 Å². The zero-order valence-corrected chi connectivity index (χ0v) is 6.09. The number of carbonyl (C=O) groups excluding carboxylic acids is 1. The van der Waals surface area contributed by atoms with Crippen LogP contribution in [0.1, 0.15) is 0 Å². The summed E-state index contributed by atoms with van der Waals surface area (Å²) in [5, 5.41) is -0.0262. The molecule has 0 aromatic carbocycles. The number of Topliss-reactive ketones (excluding diaryl/α,β-unsaturated/α-hetero) is 1. The van der Waals surface area contributed by atoms with Crippen LogP contribution >= 0.6 is 34.8 Å². The van der Waals surface area contributed by atoms with Crippen LogP contribution < -0.4 is 0 Å². The molecule has 8 heavy (non-hydrogen) atoms. The van der Waals surface area contributed by atoms with Crippen LogP contribution in [-0.4, -0.2) is 11.7 Å². The van der Waals surface area contributed by atoms with Crippen LogP contribution in [0.4, 0.5) is 0 Å². The maximum atomic E-state index is 10.3. The minimum atomic E-state index is -0.358. The van der Waals surface area contributed by atoms with Crippen molar-refractivity contribution in [2.45, 2.75) is 0 Å². The van der Waals surface area contributed by atoms with Crippen molar-refractivity contribution in [3.05, 3.63) is 10.6 Å². The van der Waals surface area contributed by atoms with Crippen molar-refractivity contribution in [2.75, 3.05) is 5.88 Å². The third kappa shape index (κ3) is 2.55. The van der Waals surface area contributed by atoms with E-state index in [-0.39, 0.29) is 16.7 Å². The van der Waals surface area contributed by atoms with E-state index in [1.165, 1.54) is 0 Å². The van der Waals surface area contributed by atoms with Gasteiger partial charge in [0.1, 0.15) is 0 Å². The van der Waals surface area contributed by atoms with Gasteiger partial charge in [0.25, 0.3) is 0 Å². The zero-order chi connectivity index (χ0) is 6.57. The summed E-state index contributed by atoms with van der Waals surface area (Å²) in [4.78, 5) is 10.3. The van der Waals surface area contributed by atoms with Crippen molar-refractivity contribution >= 4 is 40.6 Å². The summed E-state index contributed by atoms with van der Waals surface area (Å²) in [6, 6.07) is 0. The average molecular weight is 173 g/mol. The number of alkyl halides is 1. The molecule has 0 amide bonds. The van der Waals surface area contributed by atoms with E-state index < -0.39 is 0 Å². The van der Waals surface area contributed by atoms with E-state index in [0.29, 0.717) is 0 Å². The van der Waals surface area contributed by atoms with Gasteiger partial charge >= 0.3 is 0 Å². The number of halogens is 3. The number of rotatable bonds is 2. The summed E-state index contributed by atoms with van der Waals surface area (Å²) < 4.78 is 0. The van der Waals surface area contributed by atoms with Crippen molar-refractivity contribution < 1.29 is 4.79 Å². The summed E-state index contributed by atoms with van der Waals surface area (Å²) in [5.74, 6) is -0.481. The Labute approximate surface area is 62.2 Å². The smallest absolute Gasteiger partial charge is 0.189 e. The maximum Gasteiger partial charge on any atom is 0.189 e. The summed E-state index contributed by atoms with van der Waals surface area (Å²) in [6.45, 7) is 0. The summed E-state index contributed by atoms with van der Waals surface area (Å²) in [6.07, 6.45) is 0. The highest BCUT2D eigenvalue weighted by Crippen LogP contribution is 2.04. The molecule has 0 bridgehead atoms. The lowest BCUT2D eigenvalue weighted by molar-refractivity contribution is -0.112. The van der Waals surface area contributed by atoms with Gasteiger partial charge in [-0.1, -0.05) is 23.2 Å². The second-order valence-electron chi connectivity index (χ2n) is 1.01. The molecule has 0 N–H and O–H groups in total. The molecule has 0 spiro atoms. The molecular weight excluding hydrogens is 170 g/mol. The molecular formula is C4H3Cl3O. The highest BCUT2D eigenvalue weighted by molar-refractivity contribution is 6.49.